The number of aliphatic imine (C=N–C) groups is 1. The SMILES string of the molecule is CC(=O)C1=CN=C(C(F)(F)F)CC1. The van der Waals surface area contributed by atoms with E-state index in [4.69, 9.17) is 0 Å². The molecule has 0 saturated heterocycles. The average molecular weight is 191 g/mol. The normalized spacial score (nSPS) is 17.8. The van der Waals surface area contributed by atoms with Gasteiger partial charge in [-0.1, -0.05) is 0 Å². The molecule has 5 heteroatoms. The van der Waals surface area contributed by atoms with Crippen LogP contribution in [0.4, 0.5) is 13.2 Å². The first-order valence-electron chi connectivity index (χ1n) is 3.75. The number of ketones is 1. The van der Waals surface area contributed by atoms with Crippen LogP contribution in [0.3, 0.4) is 0 Å². The van der Waals surface area contributed by atoms with Crippen molar-refractivity contribution in [2.75, 3.05) is 0 Å². The predicted molar refractivity (Wildman–Crippen MR) is 41.5 cm³/mol. The number of allylic oxidation sites excluding steroid dienone is 1. The van der Waals surface area contributed by atoms with Crippen molar-refractivity contribution in [3.63, 3.8) is 0 Å². The predicted octanol–water partition coefficient (Wildman–Crippen LogP) is 2.26. The third kappa shape index (κ3) is 2.40. The lowest BCUT2D eigenvalue weighted by Crippen LogP contribution is -2.24. The number of Topliss-reactive ketones (excluding diaryl/α,β-unsaturated/α-hetero) is 1. The topological polar surface area (TPSA) is 29.4 Å². The Kier molecular flexibility index (Phi) is 2.54. The number of carbonyl (C=O) groups is 1. The summed E-state index contributed by atoms with van der Waals surface area (Å²) >= 11 is 0. The molecule has 1 aliphatic rings. The van der Waals surface area contributed by atoms with E-state index in [1.165, 1.54) is 6.92 Å². The van der Waals surface area contributed by atoms with Crippen molar-refractivity contribution in [1.29, 1.82) is 0 Å². The number of hydrogen-bond donors (Lipinski definition) is 0. The summed E-state index contributed by atoms with van der Waals surface area (Å²) in [5.41, 5.74) is -0.453. The first-order valence-corrected chi connectivity index (χ1v) is 3.75. The molecule has 0 N–H and O–H groups in total. The van der Waals surface area contributed by atoms with Gasteiger partial charge in [0.25, 0.3) is 0 Å². The number of nitrogens with zero attached hydrogens (tertiary/aromatic N) is 1. The molecule has 1 rings (SSSR count). The molecule has 2 nitrogen and oxygen atoms in total. The van der Waals surface area contributed by atoms with E-state index in [0.717, 1.165) is 6.20 Å². The fourth-order valence-corrected chi connectivity index (χ4v) is 1.02. The smallest absolute Gasteiger partial charge is 0.295 e. The van der Waals surface area contributed by atoms with E-state index in [0.29, 0.717) is 5.57 Å². The van der Waals surface area contributed by atoms with Gasteiger partial charge in [0, 0.05) is 11.8 Å². The largest absolute Gasteiger partial charge is 0.429 e. The molecule has 0 aliphatic carbocycles. The van der Waals surface area contributed by atoms with Crippen LogP contribution in [0.25, 0.3) is 0 Å². The zero-order chi connectivity index (χ0) is 10.1. The summed E-state index contributed by atoms with van der Waals surface area (Å²) in [5, 5.41) is 0. The highest BCUT2D eigenvalue weighted by Crippen LogP contribution is 2.25. The Labute approximate surface area is 73.2 Å². The van der Waals surface area contributed by atoms with Gasteiger partial charge in [0.1, 0.15) is 5.71 Å². The van der Waals surface area contributed by atoms with Gasteiger partial charge in [0.05, 0.1) is 0 Å². The van der Waals surface area contributed by atoms with E-state index >= 15 is 0 Å². The van der Waals surface area contributed by atoms with Gasteiger partial charge in [-0.25, -0.2) is 0 Å². The molecule has 13 heavy (non-hydrogen) atoms. The maximum atomic E-state index is 12.0. The van der Waals surface area contributed by atoms with Crippen molar-refractivity contribution < 1.29 is 18.0 Å². The Bertz CT molecular complexity index is 288. The van der Waals surface area contributed by atoms with Crippen molar-refractivity contribution in [3.05, 3.63) is 11.8 Å². The molecule has 72 valence electrons. The van der Waals surface area contributed by atoms with E-state index in [1.54, 1.807) is 0 Å². The minimum Gasteiger partial charge on any atom is -0.295 e. The van der Waals surface area contributed by atoms with Crippen molar-refractivity contribution in [2.24, 2.45) is 4.99 Å². The van der Waals surface area contributed by atoms with Crippen LogP contribution in [0.2, 0.25) is 0 Å². The van der Waals surface area contributed by atoms with Gasteiger partial charge in [-0.2, -0.15) is 13.2 Å². The molecular formula is C8H8F3NO. The maximum absolute atomic E-state index is 12.0. The van der Waals surface area contributed by atoms with Gasteiger partial charge < -0.3 is 0 Å². The Morgan fingerprint density at radius 1 is 1.46 bits per heavy atom. The van der Waals surface area contributed by atoms with Gasteiger partial charge in [-0.05, 0) is 19.8 Å². The summed E-state index contributed by atoms with van der Waals surface area (Å²) in [7, 11) is 0. The highest BCUT2D eigenvalue weighted by Gasteiger charge is 2.36. The van der Waals surface area contributed by atoms with Gasteiger partial charge in [0.2, 0.25) is 0 Å². The first kappa shape index (κ1) is 9.95. The second-order valence-electron chi connectivity index (χ2n) is 2.78. The van der Waals surface area contributed by atoms with Crippen LogP contribution in [0.5, 0.6) is 0 Å². The average Bonchev–Trinajstić information content (AvgIpc) is 2.03. The van der Waals surface area contributed by atoms with E-state index in [9.17, 15) is 18.0 Å². The Balaban J connectivity index is 2.82. The third-order valence-corrected chi connectivity index (χ3v) is 1.79. The summed E-state index contributed by atoms with van der Waals surface area (Å²) in [5.74, 6) is -0.218. The molecule has 0 aromatic rings. The minimum absolute atomic E-state index is 0.133. The summed E-state index contributed by atoms with van der Waals surface area (Å²) in [6.45, 7) is 1.32. The molecule has 0 radical (unpaired) electrons. The minimum atomic E-state index is -4.36. The molecule has 0 aromatic heterocycles. The standard InChI is InChI=1S/C8H8F3NO/c1-5(13)6-2-3-7(12-4-6)8(9,10)11/h4H,2-3H2,1H3. The number of carbonyl (C=O) groups excluding carboxylic acids is 1. The van der Waals surface area contributed by atoms with Crippen molar-refractivity contribution in [2.45, 2.75) is 25.9 Å². The highest BCUT2D eigenvalue weighted by molar-refractivity contribution is 5.98. The first-order chi connectivity index (χ1) is 5.91. The zero-order valence-corrected chi connectivity index (χ0v) is 6.98. The summed E-state index contributed by atoms with van der Waals surface area (Å²) in [4.78, 5) is 13.9. The fourth-order valence-electron chi connectivity index (χ4n) is 1.02. The van der Waals surface area contributed by atoms with Crippen molar-refractivity contribution in [1.82, 2.24) is 0 Å². The molecule has 0 spiro atoms. The lowest BCUT2D eigenvalue weighted by Gasteiger charge is -2.13. The van der Waals surface area contributed by atoms with Gasteiger partial charge in [-0.3, -0.25) is 9.79 Å². The summed E-state index contributed by atoms with van der Waals surface area (Å²) < 4.78 is 36.1. The molecule has 0 saturated carbocycles. The van der Waals surface area contributed by atoms with E-state index in [2.05, 4.69) is 4.99 Å². The quantitative estimate of drug-likeness (QED) is 0.625. The van der Waals surface area contributed by atoms with Crippen LogP contribution in [0.1, 0.15) is 19.8 Å². The van der Waals surface area contributed by atoms with Crippen molar-refractivity contribution >= 4 is 11.5 Å². The van der Waals surface area contributed by atoms with Crippen LogP contribution >= 0.6 is 0 Å². The van der Waals surface area contributed by atoms with Crippen LogP contribution in [-0.2, 0) is 4.79 Å². The maximum Gasteiger partial charge on any atom is 0.429 e. The molecule has 1 aliphatic heterocycles. The molecule has 0 amide bonds. The molecule has 0 unspecified atom stereocenters. The molecule has 0 aromatic carbocycles. The number of hydrogen-bond acceptors (Lipinski definition) is 2. The molecule has 0 bridgehead atoms. The van der Waals surface area contributed by atoms with Crippen LogP contribution in [-0.4, -0.2) is 17.7 Å². The van der Waals surface area contributed by atoms with Gasteiger partial charge in [0.15, 0.2) is 5.78 Å². The number of rotatable bonds is 1. The monoisotopic (exact) mass is 191 g/mol. The lowest BCUT2D eigenvalue weighted by molar-refractivity contribution is -0.113. The second kappa shape index (κ2) is 3.32. The molecular weight excluding hydrogens is 183 g/mol. The molecule has 0 atom stereocenters. The summed E-state index contributed by atoms with van der Waals surface area (Å²) in [6.07, 6.45) is -3.42. The van der Waals surface area contributed by atoms with Crippen LogP contribution in [0, 0.1) is 0 Å². The van der Waals surface area contributed by atoms with Gasteiger partial charge in [-0.15, -0.1) is 0 Å². The highest BCUT2D eigenvalue weighted by atomic mass is 19.4. The van der Waals surface area contributed by atoms with Gasteiger partial charge >= 0.3 is 6.18 Å². The number of alkyl halides is 3. The Morgan fingerprint density at radius 3 is 2.38 bits per heavy atom. The van der Waals surface area contributed by atoms with Crippen LogP contribution < -0.4 is 0 Å². The van der Waals surface area contributed by atoms with Crippen LogP contribution in [0.15, 0.2) is 16.8 Å². The number of halogens is 3. The summed E-state index contributed by atoms with van der Waals surface area (Å²) in [6, 6.07) is 0. The zero-order valence-electron chi connectivity index (χ0n) is 6.98. The third-order valence-electron chi connectivity index (χ3n) is 1.79. The lowest BCUT2D eigenvalue weighted by atomic mass is 10.0. The fraction of sp³-hybridized carbons (Fsp3) is 0.500. The Hall–Kier alpha value is -1.13. The van der Waals surface area contributed by atoms with E-state index in [-0.39, 0.29) is 18.6 Å². The van der Waals surface area contributed by atoms with Crippen molar-refractivity contribution in [3.8, 4) is 0 Å². The Morgan fingerprint density at radius 2 is 2.08 bits per heavy atom. The molecule has 0 fully saturated rings. The second-order valence-corrected chi connectivity index (χ2v) is 2.78. The van der Waals surface area contributed by atoms with E-state index < -0.39 is 11.9 Å². The van der Waals surface area contributed by atoms with E-state index in [1.807, 2.05) is 0 Å². The molecule has 1 heterocycles.